The van der Waals surface area contributed by atoms with E-state index in [-0.39, 0.29) is 18.1 Å². The number of fused-ring (bicyclic) bond motifs is 2. The van der Waals surface area contributed by atoms with Crippen molar-refractivity contribution in [3.63, 3.8) is 0 Å². The summed E-state index contributed by atoms with van der Waals surface area (Å²) in [5, 5.41) is 10.2. The molecule has 7 heteroatoms. The molecule has 3 fully saturated rings. The molecule has 4 rings (SSSR count). The molecule has 0 aromatic heterocycles. The van der Waals surface area contributed by atoms with Crippen molar-refractivity contribution in [2.75, 3.05) is 31.1 Å². The van der Waals surface area contributed by atoms with Crippen molar-refractivity contribution >= 4 is 29.2 Å². The zero-order valence-corrected chi connectivity index (χ0v) is 14.6. The van der Waals surface area contributed by atoms with Crippen LogP contribution < -0.4 is 4.90 Å². The van der Waals surface area contributed by atoms with Gasteiger partial charge in [-0.25, -0.2) is 0 Å². The van der Waals surface area contributed by atoms with Gasteiger partial charge < -0.3 is 19.6 Å². The lowest BCUT2D eigenvalue weighted by atomic mass is 9.78. The molecule has 0 radical (unpaired) electrons. The van der Waals surface area contributed by atoms with E-state index in [9.17, 15) is 14.7 Å². The largest absolute Gasteiger partial charge is 0.481 e. The number of hydrogen-bond donors (Lipinski definition) is 1. The maximum absolute atomic E-state index is 12.9. The van der Waals surface area contributed by atoms with Crippen molar-refractivity contribution in [1.82, 2.24) is 4.90 Å². The Balaban J connectivity index is 1.41. The second-order valence-electron chi connectivity index (χ2n) is 6.97. The minimum absolute atomic E-state index is 0.0599. The summed E-state index contributed by atoms with van der Waals surface area (Å²) in [6.45, 7) is 2.66. The van der Waals surface area contributed by atoms with Gasteiger partial charge in [0, 0.05) is 36.9 Å². The van der Waals surface area contributed by atoms with E-state index < -0.39 is 17.8 Å². The van der Waals surface area contributed by atoms with E-state index in [1.165, 1.54) is 0 Å². The van der Waals surface area contributed by atoms with Crippen molar-refractivity contribution in [2.24, 2.45) is 11.8 Å². The van der Waals surface area contributed by atoms with Crippen LogP contribution in [-0.4, -0.2) is 60.3 Å². The lowest BCUT2D eigenvalue weighted by Gasteiger charge is -2.38. The zero-order valence-electron chi connectivity index (χ0n) is 13.8. The average Bonchev–Trinajstić information content (AvgIpc) is 3.23. The number of carbonyl (C=O) groups excluding carboxylic acids is 1. The molecule has 3 aliphatic rings. The van der Waals surface area contributed by atoms with E-state index in [0.29, 0.717) is 18.1 Å². The van der Waals surface area contributed by atoms with Crippen LogP contribution in [0.1, 0.15) is 12.8 Å². The topological polar surface area (TPSA) is 70.1 Å². The van der Waals surface area contributed by atoms with E-state index in [2.05, 4.69) is 4.90 Å². The van der Waals surface area contributed by atoms with E-state index >= 15 is 0 Å². The van der Waals surface area contributed by atoms with Crippen molar-refractivity contribution in [3.05, 3.63) is 29.3 Å². The van der Waals surface area contributed by atoms with Crippen LogP contribution in [0.4, 0.5) is 5.69 Å². The number of rotatable bonds is 3. The first-order valence-corrected chi connectivity index (χ1v) is 9.10. The van der Waals surface area contributed by atoms with Gasteiger partial charge >= 0.3 is 5.97 Å². The van der Waals surface area contributed by atoms with E-state index in [4.69, 9.17) is 16.3 Å². The van der Waals surface area contributed by atoms with Gasteiger partial charge in [0.1, 0.15) is 0 Å². The lowest BCUT2D eigenvalue weighted by molar-refractivity contribution is -0.151. The molecule has 1 aromatic rings. The minimum atomic E-state index is -0.912. The van der Waals surface area contributed by atoms with Gasteiger partial charge in [0.05, 0.1) is 24.0 Å². The molecule has 1 aromatic carbocycles. The van der Waals surface area contributed by atoms with Crippen LogP contribution in [0.2, 0.25) is 5.02 Å². The molecule has 3 heterocycles. The third kappa shape index (κ3) is 2.98. The number of piperazine rings is 1. The maximum Gasteiger partial charge on any atom is 0.310 e. The number of amides is 1. The Morgan fingerprint density at radius 2 is 1.60 bits per heavy atom. The molecule has 25 heavy (non-hydrogen) atoms. The Hall–Kier alpha value is -1.79. The molecular formula is C18H21ClN2O4. The first kappa shape index (κ1) is 16.7. The summed E-state index contributed by atoms with van der Waals surface area (Å²) in [4.78, 5) is 28.5. The standard InChI is InChI=1S/C18H21ClN2O4/c19-11-1-3-12(4-2-11)20-7-9-21(10-8-20)17(22)15-13-5-6-14(25-13)16(15)18(23)24/h1-4,13-16H,5-10H2,(H,23,24). The predicted octanol–water partition coefficient (Wildman–Crippen LogP) is 1.87. The number of carboxylic acid groups (broad SMARTS) is 1. The van der Waals surface area contributed by atoms with Crippen LogP contribution in [0.3, 0.4) is 0 Å². The normalized spacial score (nSPS) is 31.4. The summed E-state index contributed by atoms with van der Waals surface area (Å²) < 4.78 is 5.72. The number of hydrogen-bond acceptors (Lipinski definition) is 4. The third-order valence-electron chi connectivity index (χ3n) is 5.63. The zero-order chi connectivity index (χ0) is 17.6. The molecule has 6 nitrogen and oxygen atoms in total. The number of ether oxygens (including phenoxy) is 1. The second-order valence-corrected chi connectivity index (χ2v) is 7.41. The van der Waals surface area contributed by atoms with Gasteiger partial charge in [-0.2, -0.15) is 0 Å². The van der Waals surface area contributed by atoms with Crippen molar-refractivity contribution in [1.29, 1.82) is 0 Å². The molecule has 4 unspecified atom stereocenters. The molecule has 0 aliphatic carbocycles. The highest BCUT2D eigenvalue weighted by Gasteiger charge is 2.56. The highest BCUT2D eigenvalue weighted by molar-refractivity contribution is 6.30. The SMILES string of the molecule is O=C(O)C1C2CCC(O2)C1C(=O)N1CCN(c2ccc(Cl)cc2)CC1. The van der Waals surface area contributed by atoms with E-state index in [1.807, 2.05) is 24.3 Å². The molecule has 0 saturated carbocycles. The molecule has 4 atom stereocenters. The van der Waals surface area contributed by atoms with Gasteiger partial charge in [0.2, 0.25) is 5.91 Å². The second kappa shape index (κ2) is 6.50. The Labute approximate surface area is 151 Å². The van der Waals surface area contributed by atoms with Gasteiger partial charge in [-0.1, -0.05) is 11.6 Å². The molecule has 3 aliphatic heterocycles. The van der Waals surface area contributed by atoms with Crippen molar-refractivity contribution in [2.45, 2.75) is 25.0 Å². The summed E-state index contributed by atoms with van der Waals surface area (Å²) >= 11 is 5.93. The fourth-order valence-electron chi connectivity index (χ4n) is 4.35. The monoisotopic (exact) mass is 364 g/mol. The van der Waals surface area contributed by atoms with Crippen LogP contribution in [-0.2, 0) is 14.3 Å². The Morgan fingerprint density at radius 1 is 1.00 bits per heavy atom. The minimum Gasteiger partial charge on any atom is -0.481 e. The number of benzene rings is 1. The Bertz CT molecular complexity index is 672. The lowest BCUT2D eigenvalue weighted by Crippen LogP contribution is -2.53. The van der Waals surface area contributed by atoms with Crippen LogP contribution in [0.5, 0.6) is 0 Å². The average molecular weight is 365 g/mol. The summed E-state index contributed by atoms with van der Waals surface area (Å²) in [5.74, 6) is -2.19. The Kier molecular flexibility index (Phi) is 4.33. The maximum atomic E-state index is 12.9. The van der Waals surface area contributed by atoms with Gasteiger partial charge in [0.25, 0.3) is 0 Å². The number of anilines is 1. The number of aliphatic carboxylic acids is 1. The summed E-state index contributed by atoms with van der Waals surface area (Å²) in [6.07, 6.45) is 1.01. The van der Waals surface area contributed by atoms with Crippen LogP contribution in [0.15, 0.2) is 24.3 Å². The smallest absolute Gasteiger partial charge is 0.310 e. The molecule has 1 amide bonds. The highest BCUT2D eigenvalue weighted by Crippen LogP contribution is 2.44. The van der Waals surface area contributed by atoms with Gasteiger partial charge in [-0.05, 0) is 37.1 Å². The molecular weight excluding hydrogens is 344 g/mol. The van der Waals surface area contributed by atoms with E-state index in [0.717, 1.165) is 31.6 Å². The first-order chi connectivity index (χ1) is 12.0. The van der Waals surface area contributed by atoms with Crippen molar-refractivity contribution < 1.29 is 19.4 Å². The quantitative estimate of drug-likeness (QED) is 0.886. The summed E-state index contributed by atoms with van der Waals surface area (Å²) in [6, 6.07) is 7.67. The number of nitrogens with zero attached hydrogens (tertiary/aromatic N) is 2. The molecule has 2 bridgehead atoms. The third-order valence-corrected chi connectivity index (χ3v) is 5.88. The predicted molar refractivity (Wildman–Crippen MR) is 92.8 cm³/mol. The van der Waals surface area contributed by atoms with Gasteiger partial charge in [-0.15, -0.1) is 0 Å². The highest BCUT2D eigenvalue weighted by atomic mass is 35.5. The fraction of sp³-hybridized carbons (Fsp3) is 0.556. The van der Waals surface area contributed by atoms with Gasteiger partial charge in [-0.3, -0.25) is 9.59 Å². The summed E-state index contributed by atoms with van der Waals surface area (Å²) in [5.41, 5.74) is 1.09. The van der Waals surface area contributed by atoms with Crippen molar-refractivity contribution in [3.8, 4) is 0 Å². The molecule has 3 saturated heterocycles. The molecule has 134 valence electrons. The summed E-state index contributed by atoms with van der Waals surface area (Å²) in [7, 11) is 0. The van der Waals surface area contributed by atoms with Gasteiger partial charge in [0.15, 0.2) is 0 Å². The fourth-order valence-corrected chi connectivity index (χ4v) is 4.48. The van der Waals surface area contributed by atoms with Crippen LogP contribution in [0.25, 0.3) is 0 Å². The number of halogens is 1. The number of carboxylic acids is 1. The van der Waals surface area contributed by atoms with Crippen LogP contribution >= 0.6 is 11.6 Å². The first-order valence-electron chi connectivity index (χ1n) is 8.72. The van der Waals surface area contributed by atoms with Crippen LogP contribution in [0, 0.1) is 11.8 Å². The molecule has 0 spiro atoms. The Morgan fingerprint density at radius 3 is 2.20 bits per heavy atom. The molecule has 1 N–H and O–H groups in total. The number of carbonyl (C=O) groups is 2. The van der Waals surface area contributed by atoms with E-state index in [1.54, 1.807) is 4.90 Å².